The lowest BCUT2D eigenvalue weighted by molar-refractivity contribution is -0.122. The van der Waals surface area contributed by atoms with Crippen molar-refractivity contribution in [3.8, 4) is 0 Å². The highest BCUT2D eigenvalue weighted by Crippen LogP contribution is 2.47. The van der Waals surface area contributed by atoms with Gasteiger partial charge in [-0.05, 0) is 24.3 Å². The number of carbonyl (C=O) groups is 1. The van der Waals surface area contributed by atoms with Gasteiger partial charge in [-0.25, -0.2) is 0 Å². The molecule has 2 nitrogen and oxygen atoms in total. The minimum absolute atomic E-state index is 0.216. The lowest BCUT2D eigenvalue weighted by Gasteiger charge is -2.06. The lowest BCUT2D eigenvalue weighted by Crippen LogP contribution is -2.26. The summed E-state index contributed by atoms with van der Waals surface area (Å²) in [5.74, 6) is 0.940. The average Bonchev–Trinajstić information content (AvgIpc) is 3.57. The molecule has 170 valence electrons. The summed E-state index contributed by atoms with van der Waals surface area (Å²) in [6, 6.07) is 10.5. The number of benzene rings is 1. The van der Waals surface area contributed by atoms with Crippen molar-refractivity contribution < 1.29 is 4.79 Å². The molecule has 0 saturated heterocycles. The lowest BCUT2D eigenvalue weighted by atomic mass is 10.0. The van der Waals surface area contributed by atoms with Crippen molar-refractivity contribution in [3.05, 3.63) is 35.9 Å². The molecule has 1 aromatic rings. The number of unbranched alkanes of at least 4 members (excludes halogenated alkanes) is 15. The van der Waals surface area contributed by atoms with Gasteiger partial charge in [0.15, 0.2) is 0 Å². The van der Waals surface area contributed by atoms with Gasteiger partial charge in [-0.1, -0.05) is 134 Å². The number of rotatable bonds is 19. The second-order valence-corrected chi connectivity index (χ2v) is 9.45. The fourth-order valence-corrected chi connectivity index (χ4v) is 4.57. The van der Waals surface area contributed by atoms with Crippen LogP contribution in [0.25, 0.3) is 0 Å². The third-order valence-corrected chi connectivity index (χ3v) is 6.68. The fourth-order valence-electron chi connectivity index (χ4n) is 4.57. The SMILES string of the molecule is CCCCCCCCCCCCCCCCCCNC(=O)C1CC1c1ccccc1. The molecule has 0 heterocycles. The van der Waals surface area contributed by atoms with E-state index in [-0.39, 0.29) is 11.8 Å². The standard InChI is InChI=1S/C28H47NO/c1-2-3-4-5-6-7-8-9-10-11-12-13-14-15-16-20-23-29-28(30)27-24-26(27)25-21-18-17-19-22-25/h17-19,21-22,26-27H,2-16,20,23-24H2,1H3,(H,29,30). The third kappa shape index (κ3) is 11.2. The normalized spacial score (nSPS) is 17.8. The smallest absolute Gasteiger partial charge is 0.223 e. The summed E-state index contributed by atoms with van der Waals surface area (Å²) in [5.41, 5.74) is 1.32. The molecular formula is C28H47NO. The summed E-state index contributed by atoms with van der Waals surface area (Å²) < 4.78 is 0. The van der Waals surface area contributed by atoms with Crippen LogP contribution in [-0.4, -0.2) is 12.5 Å². The summed E-state index contributed by atoms with van der Waals surface area (Å²) in [7, 11) is 0. The van der Waals surface area contributed by atoms with E-state index in [1.54, 1.807) is 0 Å². The second-order valence-electron chi connectivity index (χ2n) is 9.45. The van der Waals surface area contributed by atoms with Crippen LogP contribution >= 0.6 is 0 Å². The molecule has 2 rings (SSSR count). The molecule has 1 aliphatic carbocycles. The van der Waals surface area contributed by atoms with Crippen LogP contribution in [0.5, 0.6) is 0 Å². The Kier molecular flexibility index (Phi) is 13.6. The van der Waals surface area contributed by atoms with Crippen LogP contribution < -0.4 is 5.32 Å². The number of nitrogens with one attached hydrogen (secondary N) is 1. The van der Waals surface area contributed by atoms with E-state index < -0.39 is 0 Å². The molecule has 2 heteroatoms. The number of carbonyl (C=O) groups excluding carboxylic acids is 1. The largest absolute Gasteiger partial charge is 0.356 e. The quantitative estimate of drug-likeness (QED) is 0.228. The topological polar surface area (TPSA) is 29.1 Å². The van der Waals surface area contributed by atoms with E-state index in [1.807, 2.05) is 6.07 Å². The first kappa shape index (κ1) is 25.0. The van der Waals surface area contributed by atoms with E-state index in [4.69, 9.17) is 0 Å². The molecule has 1 saturated carbocycles. The van der Waals surface area contributed by atoms with Crippen molar-refractivity contribution in [2.24, 2.45) is 5.92 Å². The molecule has 2 atom stereocenters. The van der Waals surface area contributed by atoms with Crippen LogP contribution in [0.1, 0.15) is 128 Å². The Labute approximate surface area is 186 Å². The first-order chi connectivity index (χ1) is 14.8. The molecular weight excluding hydrogens is 366 g/mol. The Balaban J connectivity index is 1.28. The summed E-state index contributed by atoms with van der Waals surface area (Å²) in [6.45, 7) is 3.14. The predicted molar refractivity (Wildman–Crippen MR) is 130 cm³/mol. The van der Waals surface area contributed by atoms with Gasteiger partial charge in [0.2, 0.25) is 5.91 Å². The van der Waals surface area contributed by atoms with Crippen molar-refractivity contribution in [3.63, 3.8) is 0 Å². The first-order valence-electron chi connectivity index (χ1n) is 13.2. The molecule has 2 unspecified atom stereocenters. The molecule has 1 amide bonds. The van der Waals surface area contributed by atoms with Crippen LogP contribution in [-0.2, 0) is 4.79 Å². The van der Waals surface area contributed by atoms with Crippen LogP contribution in [0.2, 0.25) is 0 Å². The first-order valence-corrected chi connectivity index (χ1v) is 13.2. The van der Waals surface area contributed by atoms with Crippen molar-refractivity contribution >= 4 is 5.91 Å². The Morgan fingerprint density at radius 3 is 1.70 bits per heavy atom. The molecule has 0 spiro atoms. The van der Waals surface area contributed by atoms with Gasteiger partial charge in [-0.3, -0.25) is 4.79 Å². The van der Waals surface area contributed by atoms with Gasteiger partial charge in [-0.15, -0.1) is 0 Å². The third-order valence-electron chi connectivity index (χ3n) is 6.68. The highest BCUT2D eigenvalue weighted by molar-refractivity contribution is 5.82. The van der Waals surface area contributed by atoms with Crippen LogP contribution in [0.4, 0.5) is 0 Å². The molecule has 1 fully saturated rings. The molecule has 0 aromatic heterocycles. The van der Waals surface area contributed by atoms with Gasteiger partial charge in [0.05, 0.1) is 0 Å². The van der Waals surface area contributed by atoms with Gasteiger partial charge < -0.3 is 5.32 Å². The molecule has 1 N–H and O–H groups in total. The number of amides is 1. The Morgan fingerprint density at radius 1 is 0.733 bits per heavy atom. The van der Waals surface area contributed by atoms with Gasteiger partial charge >= 0.3 is 0 Å². The predicted octanol–water partition coefficient (Wildman–Crippen LogP) is 8.17. The minimum atomic E-state index is 0.216. The van der Waals surface area contributed by atoms with Crippen molar-refractivity contribution in [1.29, 1.82) is 0 Å². The van der Waals surface area contributed by atoms with Gasteiger partial charge in [0, 0.05) is 12.5 Å². The van der Waals surface area contributed by atoms with E-state index in [1.165, 1.54) is 102 Å². The Morgan fingerprint density at radius 2 is 1.20 bits per heavy atom. The van der Waals surface area contributed by atoms with Crippen molar-refractivity contribution in [2.45, 2.75) is 122 Å². The average molecular weight is 414 g/mol. The molecule has 30 heavy (non-hydrogen) atoms. The number of hydrogen-bond acceptors (Lipinski definition) is 1. The van der Waals surface area contributed by atoms with E-state index >= 15 is 0 Å². The number of hydrogen-bond donors (Lipinski definition) is 1. The maximum absolute atomic E-state index is 12.2. The monoisotopic (exact) mass is 413 g/mol. The van der Waals surface area contributed by atoms with Crippen molar-refractivity contribution in [2.75, 3.05) is 6.54 Å². The zero-order chi connectivity index (χ0) is 21.3. The highest BCUT2D eigenvalue weighted by atomic mass is 16.2. The Bertz CT molecular complexity index is 541. The fraction of sp³-hybridized carbons (Fsp3) is 0.750. The zero-order valence-corrected chi connectivity index (χ0v) is 19.7. The molecule has 0 bridgehead atoms. The van der Waals surface area contributed by atoms with Gasteiger partial charge in [-0.2, -0.15) is 0 Å². The van der Waals surface area contributed by atoms with Gasteiger partial charge in [0.1, 0.15) is 0 Å². The van der Waals surface area contributed by atoms with E-state index in [9.17, 15) is 4.79 Å². The van der Waals surface area contributed by atoms with E-state index in [0.29, 0.717) is 5.92 Å². The molecule has 1 aromatic carbocycles. The summed E-state index contributed by atoms with van der Waals surface area (Å²) in [4.78, 5) is 12.2. The van der Waals surface area contributed by atoms with Crippen LogP contribution in [0.15, 0.2) is 30.3 Å². The molecule has 0 aliphatic heterocycles. The summed E-state index contributed by atoms with van der Waals surface area (Å²) in [5, 5.41) is 3.15. The maximum atomic E-state index is 12.2. The minimum Gasteiger partial charge on any atom is -0.356 e. The van der Waals surface area contributed by atoms with E-state index in [0.717, 1.165) is 19.4 Å². The van der Waals surface area contributed by atoms with Crippen molar-refractivity contribution in [1.82, 2.24) is 5.32 Å². The summed E-state index contributed by atoms with van der Waals surface area (Å²) >= 11 is 0. The molecule has 0 radical (unpaired) electrons. The zero-order valence-electron chi connectivity index (χ0n) is 19.7. The highest BCUT2D eigenvalue weighted by Gasteiger charge is 2.43. The summed E-state index contributed by atoms with van der Waals surface area (Å²) in [6.07, 6.45) is 23.2. The second kappa shape index (κ2) is 16.4. The maximum Gasteiger partial charge on any atom is 0.223 e. The van der Waals surface area contributed by atoms with E-state index in [2.05, 4.69) is 36.5 Å². The molecule has 1 aliphatic rings. The van der Waals surface area contributed by atoms with Crippen LogP contribution in [0.3, 0.4) is 0 Å². The Hall–Kier alpha value is -1.31. The van der Waals surface area contributed by atoms with Crippen LogP contribution in [0, 0.1) is 5.92 Å². The van der Waals surface area contributed by atoms with Gasteiger partial charge in [0.25, 0.3) is 0 Å².